The molecule has 0 amide bonds. The predicted octanol–water partition coefficient (Wildman–Crippen LogP) is 3.83. The van der Waals surface area contributed by atoms with Crippen LogP contribution in [0, 0.1) is 6.92 Å². The molecule has 8 nitrogen and oxygen atoms in total. The monoisotopic (exact) mass is 454 g/mol. The van der Waals surface area contributed by atoms with Gasteiger partial charge >= 0.3 is 5.97 Å². The van der Waals surface area contributed by atoms with Gasteiger partial charge in [-0.25, -0.2) is 4.79 Å². The highest BCUT2D eigenvalue weighted by molar-refractivity contribution is 5.89. The van der Waals surface area contributed by atoms with E-state index in [1.165, 1.54) is 4.57 Å². The zero-order valence-corrected chi connectivity index (χ0v) is 18.8. The number of nitrogens with zero attached hydrogens (tertiary/aromatic N) is 4. The first kappa shape index (κ1) is 21.4. The molecule has 0 aliphatic heterocycles. The lowest BCUT2D eigenvalue weighted by atomic mass is 10.1. The molecular weight excluding hydrogens is 432 g/mol. The molecule has 0 saturated heterocycles. The van der Waals surface area contributed by atoms with Crippen LogP contribution in [0.5, 0.6) is 5.75 Å². The van der Waals surface area contributed by atoms with E-state index in [4.69, 9.17) is 9.47 Å². The number of rotatable bonds is 6. The number of aromatic nitrogens is 4. The smallest absolute Gasteiger partial charge is 0.338 e. The lowest BCUT2D eigenvalue weighted by Gasteiger charge is -2.10. The molecular formula is C26H22N4O4. The predicted molar refractivity (Wildman–Crippen MR) is 127 cm³/mol. The topological polar surface area (TPSA) is 87.7 Å². The second kappa shape index (κ2) is 8.82. The zero-order chi connectivity index (χ0) is 23.7. The van der Waals surface area contributed by atoms with Crippen molar-refractivity contribution in [1.82, 2.24) is 19.2 Å². The first-order valence-electron chi connectivity index (χ1n) is 10.8. The van der Waals surface area contributed by atoms with E-state index in [0.717, 1.165) is 11.1 Å². The number of carbonyl (C=O) groups excluding carboxylic acids is 1. The fourth-order valence-corrected chi connectivity index (χ4v) is 3.88. The van der Waals surface area contributed by atoms with Gasteiger partial charge in [-0.1, -0.05) is 48.0 Å². The quantitative estimate of drug-likeness (QED) is 0.363. The standard InChI is InChI=1S/C26H22N4O4/c1-17-7-5-8-18(13-17)15-33-20-10-6-9-19(14-20)25(32)34-16-23-27-28-26-29(2)24(31)21-11-3-4-12-22(21)30(23)26/h3-14H,15-16H2,1-2H3. The van der Waals surface area contributed by atoms with Gasteiger partial charge in [0.25, 0.3) is 5.56 Å². The fourth-order valence-electron chi connectivity index (χ4n) is 3.88. The Morgan fingerprint density at radius 1 is 0.941 bits per heavy atom. The second-order valence-corrected chi connectivity index (χ2v) is 8.01. The highest BCUT2D eigenvalue weighted by atomic mass is 16.5. The Labute approximate surface area is 195 Å². The summed E-state index contributed by atoms with van der Waals surface area (Å²) < 4.78 is 14.5. The molecule has 0 bridgehead atoms. The van der Waals surface area contributed by atoms with E-state index in [0.29, 0.717) is 40.4 Å². The van der Waals surface area contributed by atoms with Crippen LogP contribution in [0.15, 0.2) is 77.6 Å². The Morgan fingerprint density at radius 3 is 2.62 bits per heavy atom. The Hall–Kier alpha value is -4.46. The van der Waals surface area contributed by atoms with Crippen molar-refractivity contribution in [1.29, 1.82) is 0 Å². The summed E-state index contributed by atoms with van der Waals surface area (Å²) >= 11 is 0. The number of benzene rings is 3. The van der Waals surface area contributed by atoms with Crippen molar-refractivity contribution in [3.8, 4) is 5.75 Å². The van der Waals surface area contributed by atoms with Gasteiger partial charge in [0.1, 0.15) is 12.4 Å². The number of fused-ring (bicyclic) bond motifs is 3. The van der Waals surface area contributed by atoms with Crippen LogP contribution in [0.1, 0.15) is 27.3 Å². The van der Waals surface area contributed by atoms with E-state index >= 15 is 0 Å². The molecule has 34 heavy (non-hydrogen) atoms. The summed E-state index contributed by atoms with van der Waals surface area (Å²) in [5.74, 6) is 0.861. The number of hydrogen-bond donors (Lipinski definition) is 0. The molecule has 0 radical (unpaired) electrons. The third-order valence-corrected chi connectivity index (χ3v) is 5.58. The molecule has 8 heteroatoms. The van der Waals surface area contributed by atoms with Gasteiger partial charge in [-0.2, -0.15) is 0 Å². The van der Waals surface area contributed by atoms with Crippen molar-refractivity contribution < 1.29 is 14.3 Å². The SMILES string of the molecule is Cc1cccc(COc2cccc(C(=O)OCc3nnc4n(C)c(=O)c5ccccc5n34)c2)c1. The maximum absolute atomic E-state index is 12.7. The minimum absolute atomic E-state index is 0.101. The van der Waals surface area contributed by atoms with E-state index in [1.54, 1.807) is 47.8 Å². The molecule has 2 aromatic heterocycles. The van der Waals surface area contributed by atoms with E-state index in [9.17, 15) is 9.59 Å². The summed E-state index contributed by atoms with van der Waals surface area (Å²) in [6, 6.07) is 22.1. The maximum atomic E-state index is 12.7. The van der Waals surface area contributed by atoms with Gasteiger partial charge in [0.15, 0.2) is 12.4 Å². The van der Waals surface area contributed by atoms with Crippen LogP contribution in [-0.4, -0.2) is 25.1 Å². The van der Waals surface area contributed by atoms with Crippen molar-refractivity contribution in [2.45, 2.75) is 20.1 Å². The summed E-state index contributed by atoms with van der Waals surface area (Å²) in [7, 11) is 1.64. The van der Waals surface area contributed by atoms with E-state index in [1.807, 2.05) is 37.3 Å². The zero-order valence-electron chi connectivity index (χ0n) is 18.8. The lowest BCUT2D eigenvalue weighted by molar-refractivity contribution is 0.0461. The van der Waals surface area contributed by atoms with Crippen LogP contribution in [0.4, 0.5) is 0 Å². The Kier molecular flexibility index (Phi) is 5.55. The van der Waals surface area contributed by atoms with Crippen LogP contribution in [-0.2, 0) is 25.0 Å². The normalized spacial score (nSPS) is 11.1. The number of carbonyl (C=O) groups is 1. The van der Waals surface area contributed by atoms with Gasteiger partial charge in [-0.05, 0) is 42.8 Å². The van der Waals surface area contributed by atoms with Gasteiger partial charge in [0.05, 0.1) is 16.5 Å². The number of para-hydroxylation sites is 1. The van der Waals surface area contributed by atoms with Crippen LogP contribution in [0.2, 0.25) is 0 Å². The summed E-state index contributed by atoms with van der Waals surface area (Å²) in [5, 5.41) is 8.80. The van der Waals surface area contributed by atoms with Crippen molar-refractivity contribution in [3.05, 3.63) is 106 Å². The molecule has 0 saturated carbocycles. The molecule has 2 heterocycles. The summed E-state index contributed by atoms with van der Waals surface area (Å²) in [6.45, 7) is 2.33. The van der Waals surface area contributed by atoms with Crippen molar-refractivity contribution in [2.75, 3.05) is 0 Å². The molecule has 5 aromatic rings. The van der Waals surface area contributed by atoms with E-state index in [2.05, 4.69) is 16.3 Å². The molecule has 0 atom stereocenters. The Morgan fingerprint density at radius 2 is 1.76 bits per heavy atom. The van der Waals surface area contributed by atoms with Gasteiger partial charge in [-0.3, -0.25) is 13.8 Å². The third-order valence-electron chi connectivity index (χ3n) is 5.58. The minimum Gasteiger partial charge on any atom is -0.489 e. The minimum atomic E-state index is -0.508. The fraction of sp³-hybridized carbons (Fsp3) is 0.154. The van der Waals surface area contributed by atoms with Gasteiger partial charge in [0.2, 0.25) is 5.78 Å². The van der Waals surface area contributed by atoms with Crippen LogP contribution >= 0.6 is 0 Å². The van der Waals surface area contributed by atoms with Crippen molar-refractivity contribution in [2.24, 2.45) is 7.05 Å². The second-order valence-electron chi connectivity index (χ2n) is 8.01. The number of aryl methyl sites for hydroxylation is 2. The highest BCUT2D eigenvalue weighted by Crippen LogP contribution is 2.18. The van der Waals surface area contributed by atoms with Crippen LogP contribution < -0.4 is 10.3 Å². The first-order valence-corrected chi connectivity index (χ1v) is 10.8. The molecule has 0 aliphatic carbocycles. The van der Waals surface area contributed by atoms with Gasteiger partial charge in [-0.15, -0.1) is 10.2 Å². The number of ether oxygens (including phenoxy) is 2. The molecule has 3 aromatic carbocycles. The molecule has 170 valence electrons. The largest absolute Gasteiger partial charge is 0.489 e. The van der Waals surface area contributed by atoms with Gasteiger partial charge in [0, 0.05) is 7.05 Å². The molecule has 0 spiro atoms. The average molecular weight is 454 g/mol. The van der Waals surface area contributed by atoms with E-state index in [-0.39, 0.29) is 12.2 Å². The highest BCUT2D eigenvalue weighted by Gasteiger charge is 2.16. The lowest BCUT2D eigenvalue weighted by Crippen LogP contribution is -2.20. The van der Waals surface area contributed by atoms with E-state index < -0.39 is 5.97 Å². The van der Waals surface area contributed by atoms with Crippen LogP contribution in [0.3, 0.4) is 0 Å². The molecule has 0 fully saturated rings. The third kappa shape index (κ3) is 4.01. The summed E-state index contributed by atoms with van der Waals surface area (Å²) in [6.07, 6.45) is 0. The maximum Gasteiger partial charge on any atom is 0.338 e. The molecule has 0 aliphatic rings. The summed E-state index contributed by atoms with van der Waals surface area (Å²) in [5.41, 5.74) is 3.07. The molecule has 5 rings (SSSR count). The Bertz CT molecular complexity index is 1590. The number of esters is 1. The number of hydrogen-bond acceptors (Lipinski definition) is 6. The van der Waals surface area contributed by atoms with Gasteiger partial charge < -0.3 is 9.47 Å². The average Bonchev–Trinajstić information content (AvgIpc) is 3.29. The molecule has 0 unspecified atom stereocenters. The van der Waals surface area contributed by atoms with Crippen LogP contribution in [0.25, 0.3) is 16.7 Å². The summed E-state index contributed by atoms with van der Waals surface area (Å²) in [4.78, 5) is 25.3. The first-order chi connectivity index (χ1) is 16.5. The van der Waals surface area contributed by atoms with Crippen molar-refractivity contribution >= 4 is 22.6 Å². The van der Waals surface area contributed by atoms with Crippen molar-refractivity contribution in [3.63, 3.8) is 0 Å². The molecule has 0 N–H and O–H groups in total. The Balaban J connectivity index is 1.34.